The summed E-state index contributed by atoms with van der Waals surface area (Å²) in [4.78, 5) is 16.5. The van der Waals surface area contributed by atoms with Crippen LogP contribution in [0.4, 0.5) is 5.69 Å². The third-order valence-corrected chi connectivity index (χ3v) is 4.72. The van der Waals surface area contributed by atoms with Gasteiger partial charge >= 0.3 is 0 Å². The first kappa shape index (κ1) is 15.5. The van der Waals surface area contributed by atoms with Crippen molar-refractivity contribution in [3.8, 4) is 10.8 Å². The van der Waals surface area contributed by atoms with Gasteiger partial charge in [0.25, 0.3) is 0 Å². The van der Waals surface area contributed by atoms with E-state index in [9.17, 15) is 4.79 Å². The Morgan fingerprint density at radius 2 is 2.27 bits per heavy atom. The van der Waals surface area contributed by atoms with Gasteiger partial charge < -0.3 is 9.73 Å². The lowest BCUT2D eigenvalue weighted by atomic mass is 10.3. The van der Waals surface area contributed by atoms with Gasteiger partial charge in [-0.25, -0.2) is 4.98 Å². The second-order valence-corrected chi connectivity index (χ2v) is 6.98. The predicted molar refractivity (Wildman–Crippen MR) is 96.3 cm³/mol. The summed E-state index contributed by atoms with van der Waals surface area (Å²) in [5.74, 6) is 0.553. The molecule has 22 heavy (non-hydrogen) atoms. The smallest absolute Gasteiger partial charge is 0.230 e. The molecule has 0 aliphatic carbocycles. The number of nitrogens with one attached hydrogen (secondary N) is 1. The summed E-state index contributed by atoms with van der Waals surface area (Å²) >= 11 is 9.72. The SMILES string of the molecule is O=C(Cc1csc(-c2ccco2)n1)Nc1ccc(I)cc1Cl. The second kappa shape index (κ2) is 6.80. The standard InChI is InChI=1S/C15H10ClIN2O2S/c16-11-6-9(17)3-4-12(11)19-14(20)7-10-8-22-15(18-10)13-2-1-5-21-13/h1-6,8H,7H2,(H,19,20). The van der Waals surface area contributed by atoms with Crippen molar-refractivity contribution in [1.29, 1.82) is 0 Å². The van der Waals surface area contributed by atoms with E-state index < -0.39 is 0 Å². The third-order valence-electron chi connectivity index (χ3n) is 2.83. The molecule has 0 radical (unpaired) electrons. The van der Waals surface area contributed by atoms with Gasteiger partial charge in [0.15, 0.2) is 10.8 Å². The van der Waals surface area contributed by atoms with Gasteiger partial charge in [-0.1, -0.05) is 11.6 Å². The first-order valence-corrected chi connectivity index (χ1v) is 8.68. The number of hydrogen-bond donors (Lipinski definition) is 1. The van der Waals surface area contributed by atoms with Crippen molar-refractivity contribution in [1.82, 2.24) is 4.98 Å². The number of carbonyl (C=O) groups excluding carboxylic acids is 1. The molecule has 0 unspecified atom stereocenters. The normalized spacial score (nSPS) is 10.6. The summed E-state index contributed by atoms with van der Waals surface area (Å²) in [6.45, 7) is 0. The quantitative estimate of drug-likeness (QED) is 0.586. The number of rotatable bonds is 4. The van der Waals surface area contributed by atoms with E-state index in [2.05, 4.69) is 32.9 Å². The van der Waals surface area contributed by atoms with Crippen LogP contribution < -0.4 is 5.32 Å². The Labute approximate surface area is 149 Å². The van der Waals surface area contributed by atoms with E-state index in [1.54, 1.807) is 18.4 Å². The maximum Gasteiger partial charge on any atom is 0.230 e. The maximum absolute atomic E-state index is 12.1. The Morgan fingerprint density at radius 3 is 3.00 bits per heavy atom. The number of benzene rings is 1. The summed E-state index contributed by atoms with van der Waals surface area (Å²) in [5, 5.41) is 5.94. The van der Waals surface area contributed by atoms with Gasteiger partial charge in [0.1, 0.15) is 0 Å². The highest BCUT2D eigenvalue weighted by molar-refractivity contribution is 14.1. The molecule has 112 valence electrons. The van der Waals surface area contributed by atoms with Gasteiger partial charge in [-0.2, -0.15) is 0 Å². The van der Waals surface area contributed by atoms with Crippen molar-refractivity contribution >= 4 is 57.1 Å². The molecular weight excluding hydrogens is 435 g/mol. The molecule has 3 rings (SSSR count). The summed E-state index contributed by atoms with van der Waals surface area (Å²) in [6, 6.07) is 9.13. The van der Waals surface area contributed by atoms with Crippen LogP contribution >= 0.6 is 45.5 Å². The van der Waals surface area contributed by atoms with Gasteiger partial charge in [0.05, 0.1) is 29.1 Å². The molecule has 0 saturated carbocycles. The minimum absolute atomic E-state index is 0.153. The predicted octanol–water partition coefficient (Wildman–Crippen LogP) is 4.84. The van der Waals surface area contributed by atoms with Crippen molar-refractivity contribution in [3.05, 3.63) is 56.3 Å². The van der Waals surface area contributed by atoms with Gasteiger partial charge in [0.2, 0.25) is 5.91 Å². The Bertz CT molecular complexity index is 802. The lowest BCUT2D eigenvalue weighted by molar-refractivity contribution is -0.115. The first-order chi connectivity index (χ1) is 10.6. The van der Waals surface area contributed by atoms with Crippen LogP contribution in [-0.4, -0.2) is 10.9 Å². The molecule has 0 saturated heterocycles. The molecule has 0 aliphatic heterocycles. The number of amides is 1. The van der Waals surface area contributed by atoms with Gasteiger partial charge in [-0.05, 0) is 52.9 Å². The number of furan rings is 1. The summed E-state index contributed by atoms with van der Waals surface area (Å²) < 4.78 is 6.31. The molecule has 0 fully saturated rings. The molecule has 4 nitrogen and oxygen atoms in total. The molecule has 0 spiro atoms. The van der Waals surface area contributed by atoms with Crippen LogP contribution in [-0.2, 0) is 11.2 Å². The van der Waals surface area contributed by atoms with Crippen LogP contribution in [0.25, 0.3) is 10.8 Å². The number of carbonyl (C=O) groups is 1. The number of anilines is 1. The summed E-state index contributed by atoms with van der Waals surface area (Å²) in [7, 11) is 0. The van der Waals surface area contributed by atoms with E-state index in [1.807, 2.05) is 23.6 Å². The Morgan fingerprint density at radius 1 is 1.41 bits per heavy atom. The fraction of sp³-hybridized carbons (Fsp3) is 0.0667. The highest BCUT2D eigenvalue weighted by Gasteiger charge is 2.12. The molecule has 2 aromatic heterocycles. The van der Waals surface area contributed by atoms with Crippen molar-refractivity contribution in [2.24, 2.45) is 0 Å². The van der Waals surface area contributed by atoms with E-state index >= 15 is 0 Å². The van der Waals surface area contributed by atoms with E-state index in [4.69, 9.17) is 16.0 Å². The average Bonchev–Trinajstić information content (AvgIpc) is 3.12. The van der Waals surface area contributed by atoms with Crippen LogP contribution in [0.15, 0.2) is 46.4 Å². The fourth-order valence-corrected chi connectivity index (χ4v) is 3.54. The minimum atomic E-state index is -0.153. The topological polar surface area (TPSA) is 55.1 Å². The minimum Gasteiger partial charge on any atom is -0.462 e. The molecular formula is C15H10ClIN2O2S. The lowest BCUT2D eigenvalue weighted by Crippen LogP contribution is -2.14. The zero-order valence-corrected chi connectivity index (χ0v) is 14.9. The summed E-state index contributed by atoms with van der Waals surface area (Å²) in [5.41, 5.74) is 1.31. The largest absolute Gasteiger partial charge is 0.462 e. The number of hydrogen-bond acceptors (Lipinski definition) is 4. The molecule has 1 aromatic carbocycles. The molecule has 3 aromatic rings. The number of nitrogens with zero attached hydrogens (tertiary/aromatic N) is 1. The Hall–Kier alpha value is -1.38. The van der Waals surface area contributed by atoms with Gasteiger partial charge in [0, 0.05) is 8.95 Å². The molecule has 7 heteroatoms. The van der Waals surface area contributed by atoms with E-state index in [1.165, 1.54) is 11.3 Å². The molecule has 0 atom stereocenters. The first-order valence-electron chi connectivity index (χ1n) is 6.35. The van der Waals surface area contributed by atoms with E-state index in [-0.39, 0.29) is 12.3 Å². The van der Waals surface area contributed by atoms with Crippen LogP contribution in [0, 0.1) is 3.57 Å². The molecule has 0 aliphatic rings. The zero-order valence-electron chi connectivity index (χ0n) is 11.2. The lowest BCUT2D eigenvalue weighted by Gasteiger charge is -2.06. The molecule has 1 N–H and O–H groups in total. The van der Waals surface area contributed by atoms with Crippen LogP contribution in [0.3, 0.4) is 0 Å². The van der Waals surface area contributed by atoms with Gasteiger partial charge in [-0.3, -0.25) is 4.79 Å². The van der Waals surface area contributed by atoms with Crippen molar-refractivity contribution in [2.45, 2.75) is 6.42 Å². The van der Waals surface area contributed by atoms with Crippen molar-refractivity contribution in [3.63, 3.8) is 0 Å². The zero-order chi connectivity index (χ0) is 15.5. The Kier molecular flexibility index (Phi) is 4.80. The average molecular weight is 445 g/mol. The number of aromatic nitrogens is 1. The Balaban J connectivity index is 1.67. The number of halogens is 2. The van der Waals surface area contributed by atoms with Crippen LogP contribution in [0.2, 0.25) is 5.02 Å². The molecule has 1 amide bonds. The van der Waals surface area contributed by atoms with Crippen molar-refractivity contribution in [2.75, 3.05) is 5.32 Å². The van der Waals surface area contributed by atoms with Crippen LogP contribution in [0.5, 0.6) is 0 Å². The monoisotopic (exact) mass is 444 g/mol. The fourth-order valence-electron chi connectivity index (χ4n) is 1.85. The van der Waals surface area contributed by atoms with Crippen LogP contribution in [0.1, 0.15) is 5.69 Å². The molecule has 0 bridgehead atoms. The van der Waals surface area contributed by atoms with Gasteiger partial charge in [-0.15, -0.1) is 11.3 Å². The second-order valence-electron chi connectivity index (χ2n) is 4.47. The maximum atomic E-state index is 12.1. The molecule has 2 heterocycles. The van der Waals surface area contributed by atoms with E-state index in [0.717, 1.165) is 8.58 Å². The highest BCUT2D eigenvalue weighted by atomic mass is 127. The van der Waals surface area contributed by atoms with Crippen molar-refractivity contribution < 1.29 is 9.21 Å². The third kappa shape index (κ3) is 3.68. The highest BCUT2D eigenvalue weighted by Crippen LogP contribution is 2.26. The van der Waals surface area contributed by atoms with E-state index in [0.29, 0.717) is 22.2 Å². The summed E-state index contributed by atoms with van der Waals surface area (Å²) in [6.07, 6.45) is 1.79. The number of thiazole rings is 1.